The van der Waals surface area contributed by atoms with Crippen LogP contribution in [0.3, 0.4) is 0 Å². The maximum atomic E-state index is 4.33. The maximum Gasteiger partial charge on any atom is 0.00321 e. The van der Waals surface area contributed by atoms with Crippen molar-refractivity contribution >= 4 is 15.8 Å². The first-order valence-electron chi connectivity index (χ1n) is 7.09. The number of hydrogen-bond acceptors (Lipinski definition) is 0. The molecule has 0 nitrogen and oxygen atoms in total. The van der Waals surface area contributed by atoms with Crippen LogP contribution in [0.2, 0.25) is 6.04 Å². The van der Waals surface area contributed by atoms with Crippen LogP contribution >= 0.6 is 0 Å². The average molecular weight is 244 g/mol. The maximum absolute atomic E-state index is 4.33. The number of benzene rings is 1. The molecule has 0 saturated heterocycles. The second-order valence-corrected chi connectivity index (χ2v) is 6.31. The van der Waals surface area contributed by atoms with E-state index in [2.05, 4.69) is 30.8 Å². The first kappa shape index (κ1) is 12.6. The van der Waals surface area contributed by atoms with Crippen molar-refractivity contribution in [1.29, 1.82) is 0 Å². The van der Waals surface area contributed by atoms with Crippen LogP contribution in [0.25, 0.3) is 5.57 Å². The van der Waals surface area contributed by atoms with E-state index in [1.54, 1.807) is 0 Å². The van der Waals surface area contributed by atoms with E-state index in [1.165, 1.54) is 71.5 Å². The molecule has 0 radical (unpaired) electrons. The quantitative estimate of drug-likeness (QED) is 0.710. The zero-order chi connectivity index (χ0) is 12.1. The SMILES string of the molecule is C=C(c1ccc(CC[SiH3])cc1)C1CCCCC1. The summed E-state index contributed by atoms with van der Waals surface area (Å²) in [5.74, 6) is 0.744. The van der Waals surface area contributed by atoms with Crippen LogP contribution < -0.4 is 0 Å². The van der Waals surface area contributed by atoms with Gasteiger partial charge in [0.1, 0.15) is 0 Å². The fraction of sp³-hybridized carbons (Fsp3) is 0.500. The Bertz CT molecular complexity index is 358. The third kappa shape index (κ3) is 3.32. The number of rotatable bonds is 4. The van der Waals surface area contributed by atoms with Crippen molar-refractivity contribution in [3.05, 3.63) is 42.0 Å². The molecule has 1 aromatic rings. The molecule has 1 fully saturated rings. The number of aryl methyl sites for hydroxylation is 1. The van der Waals surface area contributed by atoms with Crippen molar-refractivity contribution in [2.24, 2.45) is 5.92 Å². The van der Waals surface area contributed by atoms with E-state index in [-0.39, 0.29) is 0 Å². The Labute approximate surface area is 109 Å². The summed E-state index contributed by atoms with van der Waals surface area (Å²) >= 11 is 0. The summed E-state index contributed by atoms with van der Waals surface area (Å²) in [7, 11) is 1.31. The minimum Gasteiger partial charge on any atom is -0.0950 e. The van der Waals surface area contributed by atoms with E-state index < -0.39 is 0 Å². The van der Waals surface area contributed by atoms with Crippen molar-refractivity contribution in [1.82, 2.24) is 0 Å². The summed E-state index contributed by atoms with van der Waals surface area (Å²) in [4.78, 5) is 0. The first-order valence-corrected chi connectivity index (χ1v) is 8.50. The van der Waals surface area contributed by atoms with Gasteiger partial charge in [-0.05, 0) is 41.9 Å². The first-order chi connectivity index (χ1) is 8.31. The van der Waals surface area contributed by atoms with Gasteiger partial charge >= 0.3 is 0 Å². The summed E-state index contributed by atoms with van der Waals surface area (Å²) in [5.41, 5.74) is 4.23. The predicted octanol–water partition coefficient (Wildman–Crippen LogP) is 3.61. The fourth-order valence-corrected chi connectivity index (χ4v) is 3.44. The van der Waals surface area contributed by atoms with Crippen LogP contribution in [0.4, 0.5) is 0 Å². The smallest absolute Gasteiger partial charge is 0.00321 e. The van der Waals surface area contributed by atoms with Crippen LogP contribution in [-0.4, -0.2) is 10.2 Å². The Balaban J connectivity index is 2.03. The van der Waals surface area contributed by atoms with Gasteiger partial charge in [0.25, 0.3) is 0 Å². The highest BCUT2D eigenvalue weighted by Crippen LogP contribution is 2.34. The van der Waals surface area contributed by atoms with Gasteiger partial charge in [-0.15, -0.1) is 0 Å². The minimum atomic E-state index is 0.744. The molecule has 0 atom stereocenters. The highest BCUT2D eigenvalue weighted by atomic mass is 28.1. The Kier molecular flexibility index (Phi) is 4.61. The van der Waals surface area contributed by atoms with E-state index in [1.807, 2.05) is 0 Å². The third-order valence-corrected chi connectivity index (χ3v) is 4.46. The molecule has 0 aliphatic heterocycles. The van der Waals surface area contributed by atoms with Crippen molar-refractivity contribution in [3.8, 4) is 0 Å². The second-order valence-electron chi connectivity index (χ2n) is 5.31. The highest BCUT2D eigenvalue weighted by Gasteiger charge is 2.17. The lowest BCUT2D eigenvalue weighted by Gasteiger charge is -2.24. The summed E-state index contributed by atoms with van der Waals surface area (Å²) in [6.07, 6.45) is 8.15. The summed E-state index contributed by atoms with van der Waals surface area (Å²) in [6.45, 7) is 4.33. The largest absolute Gasteiger partial charge is 0.0950 e. The Morgan fingerprint density at radius 2 is 1.76 bits per heavy atom. The topological polar surface area (TPSA) is 0 Å². The third-order valence-electron chi connectivity index (χ3n) is 3.96. The molecular formula is C16H24Si. The molecule has 1 aliphatic carbocycles. The van der Waals surface area contributed by atoms with Crippen LogP contribution in [-0.2, 0) is 6.42 Å². The molecule has 1 saturated carbocycles. The van der Waals surface area contributed by atoms with Gasteiger partial charge < -0.3 is 0 Å². The van der Waals surface area contributed by atoms with Gasteiger partial charge in [-0.25, -0.2) is 0 Å². The van der Waals surface area contributed by atoms with E-state index >= 15 is 0 Å². The number of hydrogen-bond donors (Lipinski definition) is 0. The van der Waals surface area contributed by atoms with E-state index in [9.17, 15) is 0 Å². The zero-order valence-electron chi connectivity index (χ0n) is 11.0. The van der Waals surface area contributed by atoms with Crippen LogP contribution in [0.1, 0.15) is 43.2 Å². The number of allylic oxidation sites excluding steroid dienone is 1. The highest BCUT2D eigenvalue weighted by molar-refractivity contribution is 6.08. The van der Waals surface area contributed by atoms with Gasteiger partial charge in [0.15, 0.2) is 0 Å². The second kappa shape index (κ2) is 6.20. The normalized spacial score (nSPS) is 17.2. The predicted molar refractivity (Wildman–Crippen MR) is 80.5 cm³/mol. The van der Waals surface area contributed by atoms with Crippen molar-refractivity contribution in [2.75, 3.05) is 0 Å². The summed E-state index contributed by atoms with van der Waals surface area (Å²) in [6, 6.07) is 10.5. The molecule has 2 rings (SSSR count). The van der Waals surface area contributed by atoms with Gasteiger partial charge in [0.2, 0.25) is 0 Å². The Morgan fingerprint density at radius 1 is 1.12 bits per heavy atom. The summed E-state index contributed by atoms with van der Waals surface area (Å²) in [5, 5.41) is 0. The molecule has 0 amide bonds. The molecule has 1 heteroatoms. The lowest BCUT2D eigenvalue weighted by Crippen LogP contribution is -2.07. The van der Waals surface area contributed by atoms with Gasteiger partial charge in [-0.1, -0.05) is 56.2 Å². The zero-order valence-corrected chi connectivity index (χ0v) is 13.0. The molecule has 0 N–H and O–H groups in total. The van der Waals surface area contributed by atoms with Crippen LogP contribution in [0, 0.1) is 5.92 Å². The lowest BCUT2D eigenvalue weighted by molar-refractivity contribution is 0.430. The standard InChI is InChI=1S/C16H24Si/c1-13(15-5-3-2-4-6-15)16-9-7-14(8-10-16)11-12-17/h7-10,15H,1-6,11-12H2,17H3. The van der Waals surface area contributed by atoms with Crippen molar-refractivity contribution < 1.29 is 0 Å². The Morgan fingerprint density at radius 3 is 2.35 bits per heavy atom. The van der Waals surface area contributed by atoms with E-state index in [0.717, 1.165) is 5.92 Å². The van der Waals surface area contributed by atoms with Gasteiger partial charge in [0, 0.05) is 10.2 Å². The molecule has 1 aliphatic rings. The van der Waals surface area contributed by atoms with Gasteiger partial charge in [0.05, 0.1) is 0 Å². The molecule has 0 aromatic heterocycles. The molecular weight excluding hydrogens is 220 g/mol. The molecule has 0 heterocycles. The van der Waals surface area contributed by atoms with Crippen LogP contribution in [0.5, 0.6) is 0 Å². The summed E-state index contributed by atoms with van der Waals surface area (Å²) < 4.78 is 0. The van der Waals surface area contributed by atoms with Crippen molar-refractivity contribution in [3.63, 3.8) is 0 Å². The average Bonchev–Trinajstić information content (AvgIpc) is 2.40. The molecule has 92 valence electrons. The molecule has 0 bridgehead atoms. The molecule has 1 aromatic carbocycles. The van der Waals surface area contributed by atoms with Crippen molar-refractivity contribution in [2.45, 2.75) is 44.6 Å². The van der Waals surface area contributed by atoms with Crippen LogP contribution in [0.15, 0.2) is 30.8 Å². The molecule has 0 spiro atoms. The van der Waals surface area contributed by atoms with E-state index in [0.29, 0.717) is 0 Å². The fourth-order valence-electron chi connectivity index (χ4n) is 2.86. The molecule has 17 heavy (non-hydrogen) atoms. The lowest BCUT2D eigenvalue weighted by atomic mass is 9.81. The van der Waals surface area contributed by atoms with Gasteiger partial charge in [-0.2, -0.15) is 0 Å². The monoisotopic (exact) mass is 244 g/mol. The molecule has 0 unspecified atom stereocenters. The van der Waals surface area contributed by atoms with Gasteiger partial charge in [-0.3, -0.25) is 0 Å². The Hall–Kier alpha value is -0.823. The minimum absolute atomic E-state index is 0.744. The van der Waals surface area contributed by atoms with E-state index in [4.69, 9.17) is 0 Å².